The van der Waals surface area contributed by atoms with Crippen LogP contribution < -0.4 is 0 Å². The second-order valence-electron chi connectivity index (χ2n) is 4.13. The Labute approximate surface area is 106 Å². The molecule has 0 bridgehead atoms. The molecule has 1 aromatic carbocycles. The van der Waals surface area contributed by atoms with Gasteiger partial charge in [-0.2, -0.15) is 0 Å². The molecule has 0 amide bonds. The number of hydrogen-bond donors (Lipinski definition) is 1. The highest BCUT2D eigenvalue weighted by Gasteiger charge is 2.20. The molecule has 2 rings (SSSR count). The van der Waals surface area contributed by atoms with E-state index in [0.29, 0.717) is 5.56 Å². The second kappa shape index (κ2) is 4.42. The van der Waals surface area contributed by atoms with Crippen molar-refractivity contribution in [1.29, 1.82) is 0 Å². The van der Waals surface area contributed by atoms with Crippen molar-refractivity contribution >= 4 is 15.6 Å². The van der Waals surface area contributed by atoms with Crippen molar-refractivity contribution < 1.29 is 13.2 Å². The number of ketones is 1. The van der Waals surface area contributed by atoms with Gasteiger partial charge in [0.25, 0.3) is 0 Å². The Balaban J connectivity index is 2.47. The first-order valence-corrected chi connectivity index (χ1v) is 6.90. The molecule has 0 saturated heterocycles. The predicted octanol–water partition coefficient (Wildman–Crippen LogP) is 2.36. The molecule has 0 spiro atoms. The van der Waals surface area contributed by atoms with Crippen molar-refractivity contribution in [3.8, 4) is 0 Å². The summed E-state index contributed by atoms with van der Waals surface area (Å²) in [6.45, 7) is 3.28. The minimum Gasteiger partial charge on any atom is -0.351 e. The molecule has 18 heavy (non-hydrogen) atoms. The zero-order valence-corrected chi connectivity index (χ0v) is 10.9. The van der Waals surface area contributed by atoms with Crippen LogP contribution in [0, 0.1) is 6.92 Å². The average Bonchev–Trinajstić information content (AvgIpc) is 2.79. The van der Waals surface area contributed by atoms with Gasteiger partial charge in [-0.25, -0.2) is 8.42 Å². The second-order valence-corrected chi connectivity index (χ2v) is 6.04. The number of aromatic amines is 1. The van der Waals surface area contributed by atoms with Crippen LogP contribution in [0.2, 0.25) is 0 Å². The van der Waals surface area contributed by atoms with Gasteiger partial charge in [0.05, 0.1) is 4.90 Å². The Morgan fingerprint density at radius 1 is 1.17 bits per heavy atom. The van der Waals surface area contributed by atoms with E-state index in [1.54, 1.807) is 24.3 Å². The maximum absolute atomic E-state index is 12.2. The lowest BCUT2D eigenvalue weighted by molar-refractivity contribution is 0.101. The van der Waals surface area contributed by atoms with E-state index >= 15 is 0 Å². The minimum atomic E-state index is -3.58. The van der Waals surface area contributed by atoms with Crippen LogP contribution in [0.3, 0.4) is 0 Å². The van der Waals surface area contributed by atoms with Gasteiger partial charge in [0, 0.05) is 11.8 Å². The van der Waals surface area contributed by atoms with E-state index in [-0.39, 0.29) is 15.7 Å². The van der Waals surface area contributed by atoms with E-state index in [9.17, 15) is 13.2 Å². The SMILES string of the molecule is CC(=O)c1c[nH]c(S(=O)(=O)c2ccc(C)cc2)c1. The number of Topliss-reactive ketones (excluding diaryl/α,β-unsaturated/α-hetero) is 1. The van der Waals surface area contributed by atoms with Crippen molar-refractivity contribution in [3.05, 3.63) is 47.7 Å². The third-order valence-electron chi connectivity index (χ3n) is 2.68. The summed E-state index contributed by atoms with van der Waals surface area (Å²) >= 11 is 0. The van der Waals surface area contributed by atoms with Gasteiger partial charge in [0.1, 0.15) is 5.03 Å². The van der Waals surface area contributed by atoms with Crippen LogP contribution in [0.4, 0.5) is 0 Å². The van der Waals surface area contributed by atoms with Crippen molar-refractivity contribution in [2.24, 2.45) is 0 Å². The number of sulfone groups is 1. The zero-order chi connectivity index (χ0) is 13.3. The number of aromatic nitrogens is 1. The first-order chi connectivity index (χ1) is 8.41. The van der Waals surface area contributed by atoms with E-state index in [4.69, 9.17) is 0 Å². The van der Waals surface area contributed by atoms with Crippen molar-refractivity contribution in [2.45, 2.75) is 23.8 Å². The number of benzene rings is 1. The maximum Gasteiger partial charge on any atom is 0.221 e. The van der Waals surface area contributed by atoms with E-state index in [0.717, 1.165) is 5.56 Å². The van der Waals surface area contributed by atoms with Gasteiger partial charge in [-0.1, -0.05) is 17.7 Å². The van der Waals surface area contributed by atoms with Crippen LogP contribution in [0.15, 0.2) is 46.5 Å². The summed E-state index contributed by atoms with van der Waals surface area (Å²) in [6.07, 6.45) is 1.41. The lowest BCUT2D eigenvalue weighted by Gasteiger charge is -2.02. The fourth-order valence-corrected chi connectivity index (χ4v) is 2.82. The molecule has 0 radical (unpaired) electrons. The van der Waals surface area contributed by atoms with Crippen molar-refractivity contribution in [3.63, 3.8) is 0 Å². The highest BCUT2D eigenvalue weighted by atomic mass is 32.2. The van der Waals surface area contributed by atoms with Crippen LogP contribution in [0.1, 0.15) is 22.8 Å². The molecule has 1 heterocycles. The standard InChI is InChI=1S/C13H13NO3S/c1-9-3-5-12(6-4-9)18(16,17)13-7-11(8-14-13)10(2)15/h3-8,14H,1-2H3. The largest absolute Gasteiger partial charge is 0.351 e. The van der Waals surface area contributed by atoms with Gasteiger partial charge >= 0.3 is 0 Å². The average molecular weight is 263 g/mol. The third-order valence-corrected chi connectivity index (χ3v) is 4.39. The number of carbonyl (C=O) groups excluding carboxylic acids is 1. The fraction of sp³-hybridized carbons (Fsp3) is 0.154. The van der Waals surface area contributed by atoms with Gasteiger partial charge in [-0.3, -0.25) is 4.79 Å². The molecule has 0 unspecified atom stereocenters. The Morgan fingerprint density at radius 2 is 1.78 bits per heavy atom. The number of nitrogens with one attached hydrogen (secondary N) is 1. The number of rotatable bonds is 3. The van der Waals surface area contributed by atoms with E-state index < -0.39 is 9.84 Å². The topological polar surface area (TPSA) is 67.0 Å². The van der Waals surface area contributed by atoms with Gasteiger partial charge < -0.3 is 4.98 Å². The smallest absolute Gasteiger partial charge is 0.221 e. The Hall–Kier alpha value is -1.88. The van der Waals surface area contributed by atoms with Gasteiger partial charge in [-0.05, 0) is 32.0 Å². The summed E-state index contributed by atoms with van der Waals surface area (Å²) in [5.41, 5.74) is 1.35. The summed E-state index contributed by atoms with van der Waals surface area (Å²) in [5.74, 6) is -0.170. The Bertz CT molecular complexity index is 681. The van der Waals surface area contributed by atoms with Gasteiger partial charge in [0.15, 0.2) is 5.78 Å². The van der Waals surface area contributed by atoms with Crippen LogP contribution in [-0.4, -0.2) is 19.2 Å². The lowest BCUT2D eigenvalue weighted by atomic mass is 10.2. The van der Waals surface area contributed by atoms with Crippen molar-refractivity contribution in [2.75, 3.05) is 0 Å². The minimum absolute atomic E-state index is 0.0385. The third kappa shape index (κ3) is 2.22. The summed E-state index contributed by atoms with van der Waals surface area (Å²) in [6, 6.07) is 7.94. The first-order valence-electron chi connectivity index (χ1n) is 5.42. The van der Waals surface area contributed by atoms with Crippen LogP contribution >= 0.6 is 0 Å². The Kier molecular flexibility index (Phi) is 3.09. The van der Waals surface area contributed by atoms with Crippen molar-refractivity contribution in [1.82, 2.24) is 4.98 Å². The molecule has 0 atom stereocenters. The van der Waals surface area contributed by atoms with Gasteiger partial charge in [0.2, 0.25) is 9.84 Å². The fourth-order valence-electron chi connectivity index (χ4n) is 1.58. The molecule has 0 saturated carbocycles. The quantitative estimate of drug-likeness (QED) is 0.864. The highest BCUT2D eigenvalue weighted by Crippen LogP contribution is 2.21. The normalized spacial score (nSPS) is 11.4. The zero-order valence-electron chi connectivity index (χ0n) is 10.1. The number of carbonyl (C=O) groups is 1. The van der Waals surface area contributed by atoms with Gasteiger partial charge in [-0.15, -0.1) is 0 Å². The molecular formula is C13H13NO3S. The molecule has 94 valence electrons. The molecule has 5 heteroatoms. The monoisotopic (exact) mass is 263 g/mol. The van der Waals surface area contributed by atoms with Crippen LogP contribution in [-0.2, 0) is 9.84 Å². The molecule has 2 aromatic rings. The molecule has 0 aliphatic rings. The lowest BCUT2D eigenvalue weighted by Crippen LogP contribution is -2.02. The summed E-state index contributed by atoms with van der Waals surface area (Å²) in [4.78, 5) is 14.0. The molecule has 0 aliphatic heterocycles. The highest BCUT2D eigenvalue weighted by molar-refractivity contribution is 7.91. The molecule has 1 aromatic heterocycles. The molecule has 1 N–H and O–H groups in total. The summed E-state index contributed by atoms with van der Waals surface area (Å²) < 4.78 is 24.5. The Morgan fingerprint density at radius 3 is 2.28 bits per heavy atom. The number of aryl methyl sites for hydroxylation is 1. The molecule has 4 nitrogen and oxygen atoms in total. The van der Waals surface area contributed by atoms with E-state index in [1.165, 1.54) is 19.2 Å². The molecule has 0 fully saturated rings. The molecule has 0 aliphatic carbocycles. The maximum atomic E-state index is 12.2. The summed E-state index contributed by atoms with van der Waals surface area (Å²) in [5, 5.41) is 0.0385. The molecular weight excluding hydrogens is 250 g/mol. The number of hydrogen-bond acceptors (Lipinski definition) is 3. The number of H-pyrrole nitrogens is 1. The predicted molar refractivity (Wildman–Crippen MR) is 67.4 cm³/mol. The van der Waals surface area contributed by atoms with E-state index in [2.05, 4.69) is 4.98 Å². The van der Waals surface area contributed by atoms with Crippen LogP contribution in [0.25, 0.3) is 0 Å². The van der Waals surface area contributed by atoms with E-state index in [1.807, 2.05) is 6.92 Å². The summed E-state index contributed by atoms with van der Waals surface area (Å²) in [7, 11) is -3.58. The van der Waals surface area contributed by atoms with Crippen LogP contribution in [0.5, 0.6) is 0 Å². The first kappa shape index (κ1) is 12.6.